The monoisotopic (exact) mass is 233 g/mol. The van der Waals surface area contributed by atoms with E-state index in [1.54, 1.807) is 0 Å². The highest BCUT2D eigenvalue weighted by atomic mass is 16.6. The lowest BCUT2D eigenvalue weighted by Crippen LogP contribution is -2.20. The third-order valence-corrected chi connectivity index (χ3v) is 3.20. The minimum Gasteiger partial charge on any atom is -0.485 e. The molecule has 3 atom stereocenters. The molecule has 1 amide bonds. The molecule has 4 nitrogen and oxygen atoms in total. The standard InChI is InChI=1S/C13H15NO3/c1-8(15)14-9-4-2-3-5-10(9)16-11-6-7-12-13(11)17-12/h2-5,11-13H,6-7H2,1H3,(H,14,15)/t11-,12+,13+/m0/s1. The van der Waals surface area contributed by atoms with Crippen LogP contribution in [0.3, 0.4) is 0 Å². The van der Waals surface area contributed by atoms with Crippen molar-refractivity contribution in [3.63, 3.8) is 0 Å². The number of epoxide rings is 1. The molecule has 0 radical (unpaired) electrons. The number of benzene rings is 1. The molecule has 1 saturated carbocycles. The van der Waals surface area contributed by atoms with Crippen LogP contribution in [0.4, 0.5) is 5.69 Å². The molecule has 0 spiro atoms. The topological polar surface area (TPSA) is 50.9 Å². The highest BCUT2D eigenvalue weighted by molar-refractivity contribution is 5.90. The van der Waals surface area contributed by atoms with Crippen molar-refractivity contribution in [3.05, 3.63) is 24.3 Å². The van der Waals surface area contributed by atoms with Gasteiger partial charge in [0.25, 0.3) is 0 Å². The Kier molecular flexibility index (Phi) is 2.52. The molecule has 1 heterocycles. The van der Waals surface area contributed by atoms with E-state index in [1.807, 2.05) is 24.3 Å². The fraction of sp³-hybridized carbons (Fsp3) is 0.462. The van der Waals surface area contributed by atoms with E-state index in [2.05, 4.69) is 5.32 Å². The second kappa shape index (κ2) is 4.04. The van der Waals surface area contributed by atoms with Gasteiger partial charge in [-0.05, 0) is 25.0 Å². The Morgan fingerprint density at radius 2 is 2.24 bits per heavy atom. The summed E-state index contributed by atoms with van der Waals surface area (Å²) >= 11 is 0. The average Bonchev–Trinajstić information content (AvgIpc) is 2.97. The molecule has 0 bridgehead atoms. The molecule has 90 valence electrons. The van der Waals surface area contributed by atoms with Crippen LogP contribution in [0, 0.1) is 0 Å². The summed E-state index contributed by atoms with van der Waals surface area (Å²) in [4.78, 5) is 11.1. The Bertz CT molecular complexity index is 446. The Hall–Kier alpha value is -1.55. The Balaban J connectivity index is 1.74. The van der Waals surface area contributed by atoms with Crippen LogP contribution in [-0.4, -0.2) is 24.2 Å². The summed E-state index contributed by atoms with van der Waals surface area (Å²) in [6, 6.07) is 7.50. The minimum atomic E-state index is -0.0898. The van der Waals surface area contributed by atoms with Crippen molar-refractivity contribution < 1.29 is 14.3 Å². The van der Waals surface area contributed by atoms with Gasteiger partial charge in [-0.15, -0.1) is 0 Å². The second-order valence-electron chi connectivity index (χ2n) is 4.55. The maximum absolute atomic E-state index is 11.1. The van der Waals surface area contributed by atoms with Gasteiger partial charge in [-0.2, -0.15) is 0 Å². The van der Waals surface area contributed by atoms with Crippen molar-refractivity contribution >= 4 is 11.6 Å². The van der Waals surface area contributed by atoms with Crippen molar-refractivity contribution in [2.45, 2.75) is 38.1 Å². The molecule has 1 aliphatic carbocycles. The molecule has 1 aromatic rings. The predicted molar refractivity (Wildman–Crippen MR) is 63.1 cm³/mol. The number of para-hydroxylation sites is 2. The third-order valence-electron chi connectivity index (χ3n) is 3.20. The Morgan fingerprint density at radius 3 is 2.88 bits per heavy atom. The van der Waals surface area contributed by atoms with Gasteiger partial charge in [0.05, 0.1) is 11.8 Å². The number of carbonyl (C=O) groups is 1. The molecule has 1 aliphatic heterocycles. The lowest BCUT2D eigenvalue weighted by atomic mass is 10.2. The molecular weight excluding hydrogens is 218 g/mol. The number of ether oxygens (including phenoxy) is 2. The third kappa shape index (κ3) is 2.13. The molecule has 2 aliphatic rings. The quantitative estimate of drug-likeness (QED) is 0.812. The van der Waals surface area contributed by atoms with E-state index in [9.17, 15) is 4.79 Å². The van der Waals surface area contributed by atoms with E-state index in [4.69, 9.17) is 9.47 Å². The highest BCUT2D eigenvalue weighted by Gasteiger charge is 2.51. The van der Waals surface area contributed by atoms with Gasteiger partial charge in [-0.25, -0.2) is 0 Å². The van der Waals surface area contributed by atoms with Crippen LogP contribution in [-0.2, 0) is 9.53 Å². The lowest BCUT2D eigenvalue weighted by Gasteiger charge is -2.17. The number of anilines is 1. The van der Waals surface area contributed by atoms with Crippen LogP contribution in [0.25, 0.3) is 0 Å². The number of carbonyl (C=O) groups excluding carboxylic acids is 1. The minimum absolute atomic E-state index is 0.0898. The summed E-state index contributed by atoms with van der Waals surface area (Å²) in [5, 5.41) is 2.77. The zero-order valence-electron chi connectivity index (χ0n) is 9.68. The summed E-state index contributed by atoms with van der Waals surface area (Å²) in [6.07, 6.45) is 2.92. The molecule has 2 fully saturated rings. The van der Waals surface area contributed by atoms with Gasteiger partial charge in [0.2, 0.25) is 5.91 Å². The second-order valence-corrected chi connectivity index (χ2v) is 4.55. The van der Waals surface area contributed by atoms with E-state index < -0.39 is 0 Å². The van der Waals surface area contributed by atoms with E-state index in [-0.39, 0.29) is 18.1 Å². The van der Waals surface area contributed by atoms with E-state index in [0.717, 1.165) is 24.3 Å². The van der Waals surface area contributed by atoms with E-state index >= 15 is 0 Å². The first-order valence-corrected chi connectivity index (χ1v) is 5.93. The SMILES string of the molecule is CC(=O)Nc1ccccc1O[C@H]1CC[C@H]2O[C@H]12. The van der Waals surface area contributed by atoms with Crippen LogP contribution < -0.4 is 10.1 Å². The zero-order chi connectivity index (χ0) is 11.8. The number of amides is 1. The van der Waals surface area contributed by atoms with Crippen LogP contribution >= 0.6 is 0 Å². The Labute approximate surface area is 99.9 Å². The molecule has 1 saturated heterocycles. The maximum Gasteiger partial charge on any atom is 0.221 e. The van der Waals surface area contributed by atoms with Crippen molar-refractivity contribution in [2.75, 3.05) is 5.32 Å². The first-order valence-electron chi connectivity index (χ1n) is 5.93. The molecule has 1 aromatic carbocycles. The van der Waals surface area contributed by atoms with Crippen molar-refractivity contribution in [3.8, 4) is 5.75 Å². The molecule has 4 heteroatoms. The van der Waals surface area contributed by atoms with Gasteiger partial charge in [-0.1, -0.05) is 12.1 Å². The van der Waals surface area contributed by atoms with E-state index in [1.165, 1.54) is 6.92 Å². The lowest BCUT2D eigenvalue weighted by molar-refractivity contribution is -0.114. The molecule has 1 N–H and O–H groups in total. The van der Waals surface area contributed by atoms with Crippen LogP contribution in [0.2, 0.25) is 0 Å². The van der Waals surface area contributed by atoms with Gasteiger partial charge >= 0.3 is 0 Å². The molecule has 0 unspecified atom stereocenters. The molecule has 3 rings (SSSR count). The zero-order valence-corrected chi connectivity index (χ0v) is 9.68. The first-order chi connectivity index (χ1) is 8.24. The normalized spacial score (nSPS) is 29.6. The fourth-order valence-corrected chi connectivity index (χ4v) is 2.36. The van der Waals surface area contributed by atoms with Gasteiger partial charge in [-0.3, -0.25) is 4.79 Å². The predicted octanol–water partition coefficient (Wildman–Crippen LogP) is 1.95. The molecule has 0 aromatic heterocycles. The number of hydrogen-bond acceptors (Lipinski definition) is 3. The smallest absolute Gasteiger partial charge is 0.221 e. The summed E-state index contributed by atoms with van der Waals surface area (Å²) in [5.74, 6) is 0.636. The Morgan fingerprint density at radius 1 is 1.41 bits per heavy atom. The summed E-state index contributed by atoms with van der Waals surface area (Å²) in [6.45, 7) is 1.49. The van der Waals surface area contributed by atoms with Crippen molar-refractivity contribution in [2.24, 2.45) is 0 Å². The largest absolute Gasteiger partial charge is 0.485 e. The van der Waals surface area contributed by atoms with Crippen molar-refractivity contribution in [1.82, 2.24) is 0 Å². The van der Waals surface area contributed by atoms with Gasteiger partial charge in [0.15, 0.2) is 0 Å². The number of fused-ring (bicyclic) bond motifs is 1. The van der Waals surface area contributed by atoms with Crippen LogP contribution in [0.1, 0.15) is 19.8 Å². The van der Waals surface area contributed by atoms with Gasteiger partial charge in [0, 0.05) is 6.92 Å². The van der Waals surface area contributed by atoms with Gasteiger partial charge in [0.1, 0.15) is 18.0 Å². The number of nitrogens with one attached hydrogen (secondary N) is 1. The van der Waals surface area contributed by atoms with Gasteiger partial charge < -0.3 is 14.8 Å². The summed E-state index contributed by atoms with van der Waals surface area (Å²) in [5.41, 5.74) is 0.726. The summed E-state index contributed by atoms with van der Waals surface area (Å²) < 4.78 is 11.4. The maximum atomic E-state index is 11.1. The fourth-order valence-electron chi connectivity index (χ4n) is 2.36. The highest BCUT2D eigenvalue weighted by Crippen LogP contribution is 2.41. The molecule has 17 heavy (non-hydrogen) atoms. The molecular formula is C13H15NO3. The van der Waals surface area contributed by atoms with E-state index in [0.29, 0.717) is 6.10 Å². The van der Waals surface area contributed by atoms with Crippen molar-refractivity contribution in [1.29, 1.82) is 0 Å². The number of hydrogen-bond donors (Lipinski definition) is 1. The van der Waals surface area contributed by atoms with Crippen LogP contribution in [0.15, 0.2) is 24.3 Å². The number of rotatable bonds is 3. The average molecular weight is 233 g/mol. The first kappa shape index (κ1) is 10.6. The van der Waals surface area contributed by atoms with Crippen LogP contribution in [0.5, 0.6) is 5.75 Å². The summed E-state index contributed by atoms with van der Waals surface area (Å²) in [7, 11) is 0.